The lowest BCUT2D eigenvalue weighted by atomic mass is 10.0. The van der Waals surface area contributed by atoms with Gasteiger partial charge < -0.3 is 14.6 Å². The Hall–Kier alpha value is -2.73. The van der Waals surface area contributed by atoms with Crippen molar-refractivity contribution in [2.24, 2.45) is 7.05 Å². The second-order valence-electron chi connectivity index (χ2n) is 6.67. The summed E-state index contributed by atoms with van der Waals surface area (Å²) in [5.41, 5.74) is 2.53. The highest BCUT2D eigenvalue weighted by Gasteiger charge is 2.19. The third-order valence-corrected chi connectivity index (χ3v) is 4.83. The number of hydrogen-bond acceptors (Lipinski definition) is 4. The molecule has 6 heteroatoms. The van der Waals surface area contributed by atoms with Crippen LogP contribution in [0.3, 0.4) is 0 Å². The summed E-state index contributed by atoms with van der Waals surface area (Å²) in [6.07, 6.45) is 5.71. The van der Waals surface area contributed by atoms with E-state index in [0.717, 1.165) is 41.9 Å². The van der Waals surface area contributed by atoms with Crippen LogP contribution in [-0.2, 0) is 18.3 Å². The van der Waals surface area contributed by atoms with Crippen molar-refractivity contribution in [2.45, 2.75) is 25.3 Å². The summed E-state index contributed by atoms with van der Waals surface area (Å²) in [5.74, 6) is 0.960. The van der Waals surface area contributed by atoms with Crippen LogP contribution in [0.2, 0.25) is 0 Å². The van der Waals surface area contributed by atoms with Crippen LogP contribution in [-0.4, -0.2) is 33.7 Å². The lowest BCUT2D eigenvalue weighted by molar-refractivity contribution is 0.0779. The zero-order chi connectivity index (χ0) is 17.9. The molecule has 1 saturated heterocycles. The van der Waals surface area contributed by atoms with Crippen molar-refractivity contribution in [3.8, 4) is 0 Å². The Morgan fingerprint density at radius 1 is 1.35 bits per heavy atom. The number of carbonyl (C=O) groups is 1. The summed E-state index contributed by atoms with van der Waals surface area (Å²) < 4.78 is 7.49. The minimum absolute atomic E-state index is 0.0945. The van der Waals surface area contributed by atoms with E-state index >= 15 is 0 Å². The molecule has 134 valence electrons. The molecule has 2 aromatic heterocycles. The Morgan fingerprint density at radius 3 is 3.08 bits per heavy atom. The van der Waals surface area contributed by atoms with Gasteiger partial charge in [0.25, 0.3) is 5.91 Å². The third-order valence-electron chi connectivity index (χ3n) is 4.83. The molecule has 0 bridgehead atoms. The molecule has 26 heavy (non-hydrogen) atoms. The number of ether oxygens (including phenoxy) is 1. The van der Waals surface area contributed by atoms with Crippen molar-refractivity contribution in [1.82, 2.24) is 19.9 Å². The SMILES string of the molecule is Cn1cc(C(=O)NCc2ccnc(C3CCCOC3)n2)c2ccccc21. The number of rotatable bonds is 4. The lowest BCUT2D eigenvalue weighted by Crippen LogP contribution is -2.24. The molecule has 1 amide bonds. The quantitative estimate of drug-likeness (QED) is 0.786. The Bertz CT molecular complexity index is 928. The number of hydrogen-bond donors (Lipinski definition) is 1. The van der Waals surface area contributed by atoms with Crippen molar-refractivity contribution in [3.05, 3.63) is 59.8 Å². The number of para-hydroxylation sites is 1. The van der Waals surface area contributed by atoms with Crippen LogP contribution in [0.1, 0.15) is 40.6 Å². The summed E-state index contributed by atoms with van der Waals surface area (Å²) in [6.45, 7) is 1.87. The average Bonchev–Trinajstić information content (AvgIpc) is 3.04. The molecule has 1 fully saturated rings. The Balaban J connectivity index is 1.47. The molecule has 3 aromatic rings. The molecular formula is C20H22N4O2. The first-order valence-corrected chi connectivity index (χ1v) is 8.94. The van der Waals surface area contributed by atoms with Crippen LogP contribution in [0.25, 0.3) is 10.9 Å². The van der Waals surface area contributed by atoms with Gasteiger partial charge in [-0.15, -0.1) is 0 Å². The van der Waals surface area contributed by atoms with Crippen molar-refractivity contribution < 1.29 is 9.53 Å². The Morgan fingerprint density at radius 2 is 2.23 bits per heavy atom. The molecule has 1 N–H and O–H groups in total. The van der Waals surface area contributed by atoms with E-state index in [4.69, 9.17) is 4.74 Å². The van der Waals surface area contributed by atoms with Crippen LogP contribution in [0.5, 0.6) is 0 Å². The van der Waals surface area contributed by atoms with Crippen LogP contribution in [0, 0.1) is 0 Å². The highest BCUT2D eigenvalue weighted by Crippen LogP contribution is 2.22. The van der Waals surface area contributed by atoms with Gasteiger partial charge in [-0.1, -0.05) is 18.2 Å². The van der Waals surface area contributed by atoms with Gasteiger partial charge >= 0.3 is 0 Å². The van der Waals surface area contributed by atoms with Gasteiger partial charge in [-0.3, -0.25) is 4.79 Å². The molecule has 4 rings (SSSR count). The molecule has 1 aliphatic rings. The number of aromatic nitrogens is 3. The lowest BCUT2D eigenvalue weighted by Gasteiger charge is -2.20. The van der Waals surface area contributed by atoms with E-state index < -0.39 is 0 Å². The van der Waals surface area contributed by atoms with E-state index in [2.05, 4.69) is 15.3 Å². The third kappa shape index (κ3) is 3.32. The summed E-state index contributed by atoms with van der Waals surface area (Å²) in [6, 6.07) is 9.74. The standard InChI is InChI=1S/C20H22N4O2/c1-24-12-17(16-6-2-3-7-18(16)24)20(25)22-11-15-8-9-21-19(23-15)14-5-4-10-26-13-14/h2-3,6-9,12,14H,4-5,10-11,13H2,1H3,(H,22,25). The maximum atomic E-state index is 12.6. The molecule has 1 aromatic carbocycles. The summed E-state index contributed by atoms with van der Waals surface area (Å²) in [5, 5.41) is 3.93. The fourth-order valence-corrected chi connectivity index (χ4v) is 3.44. The van der Waals surface area contributed by atoms with Crippen molar-refractivity contribution in [1.29, 1.82) is 0 Å². The largest absolute Gasteiger partial charge is 0.381 e. The molecule has 0 spiro atoms. The normalized spacial score (nSPS) is 17.3. The van der Waals surface area contributed by atoms with Gasteiger partial charge in [0.15, 0.2) is 0 Å². The van der Waals surface area contributed by atoms with E-state index in [9.17, 15) is 4.79 Å². The molecule has 0 radical (unpaired) electrons. The monoisotopic (exact) mass is 350 g/mol. The average molecular weight is 350 g/mol. The summed E-state index contributed by atoms with van der Waals surface area (Å²) in [7, 11) is 1.95. The van der Waals surface area contributed by atoms with E-state index in [1.54, 1.807) is 6.20 Å². The molecule has 1 atom stereocenters. The smallest absolute Gasteiger partial charge is 0.253 e. The zero-order valence-corrected chi connectivity index (χ0v) is 14.8. The second kappa shape index (κ2) is 7.25. The summed E-state index contributed by atoms with van der Waals surface area (Å²) in [4.78, 5) is 21.6. The van der Waals surface area contributed by atoms with Crippen molar-refractivity contribution in [2.75, 3.05) is 13.2 Å². The zero-order valence-electron chi connectivity index (χ0n) is 14.8. The molecule has 3 heterocycles. The number of aryl methyl sites for hydroxylation is 1. The molecule has 1 unspecified atom stereocenters. The molecule has 1 aliphatic heterocycles. The number of nitrogens with zero attached hydrogens (tertiary/aromatic N) is 3. The van der Waals surface area contributed by atoms with Gasteiger partial charge in [0.05, 0.1) is 24.4 Å². The fourth-order valence-electron chi connectivity index (χ4n) is 3.44. The van der Waals surface area contributed by atoms with Crippen molar-refractivity contribution in [3.63, 3.8) is 0 Å². The first kappa shape index (κ1) is 16.7. The minimum Gasteiger partial charge on any atom is -0.381 e. The number of carbonyl (C=O) groups excluding carboxylic acids is 1. The van der Waals surface area contributed by atoms with Crippen molar-refractivity contribution >= 4 is 16.8 Å². The van der Waals surface area contributed by atoms with E-state index in [1.807, 2.05) is 48.1 Å². The van der Waals surface area contributed by atoms with Gasteiger partial charge in [-0.05, 0) is 25.0 Å². The number of nitrogens with one attached hydrogen (secondary N) is 1. The molecule has 0 aliphatic carbocycles. The Kier molecular flexibility index (Phi) is 4.67. The van der Waals surface area contributed by atoms with Gasteiger partial charge in [0, 0.05) is 42.9 Å². The first-order valence-electron chi connectivity index (χ1n) is 8.94. The van der Waals surface area contributed by atoms with Crippen LogP contribution in [0.4, 0.5) is 0 Å². The number of amides is 1. The van der Waals surface area contributed by atoms with E-state index in [0.29, 0.717) is 18.7 Å². The number of fused-ring (bicyclic) bond motifs is 1. The van der Waals surface area contributed by atoms with E-state index in [1.165, 1.54) is 0 Å². The maximum absolute atomic E-state index is 12.6. The predicted molar refractivity (Wildman–Crippen MR) is 98.9 cm³/mol. The molecular weight excluding hydrogens is 328 g/mol. The maximum Gasteiger partial charge on any atom is 0.253 e. The van der Waals surface area contributed by atoms with Crippen LogP contribution in [0.15, 0.2) is 42.7 Å². The highest BCUT2D eigenvalue weighted by atomic mass is 16.5. The second-order valence-corrected chi connectivity index (χ2v) is 6.67. The minimum atomic E-state index is -0.0945. The van der Waals surface area contributed by atoms with Gasteiger partial charge in [-0.2, -0.15) is 0 Å². The van der Waals surface area contributed by atoms with Crippen LogP contribution >= 0.6 is 0 Å². The predicted octanol–water partition coefficient (Wildman–Crippen LogP) is 2.79. The van der Waals surface area contributed by atoms with Gasteiger partial charge in [-0.25, -0.2) is 9.97 Å². The van der Waals surface area contributed by atoms with E-state index in [-0.39, 0.29) is 11.8 Å². The number of benzene rings is 1. The van der Waals surface area contributed by atoms with Gasteiger partial charge in [0.2, 0.25) is 0 Å². The fraction of sp³-hybridized carbons (Fsp3) is 0.350. The molecule has 6 nitrogen and oxygen atoms in total. The van der Waals surface area contributed by atoms with Gasteiger partial charge in [0.1, 0.15) is 5.82 Å². The highest BCUT2D eigenvalue weighted by molar-refractivity contribution is 6.06. The topological polar surface area (TPSA) is 69.0 Å². The van der Waals surface area contributed by atoms with Crippen LogP contribution < -0.4 is 5.32 Å². The molecule has 0 saturated carbocycles. The Labute approximate surface area is 152 Å². The first-order chi connectivity index (χ1) is 12.7. The summed E-state index contributed by atoms with van der Waals surface area (Å²) >= 11 is 0.